The van der Waals surface area contributed by atoms with Crippen LogP contribution in [0.1, 0.15) is 0 Å². The van der Waals surface area contributed by atoms with Gasteiger partial charge in [-0.2, -0.15) is 0 Å². The molecule has 0 saturated heterocycles. The number of halogens is 1. The van der Waals surface area contributed by atoms with Crippen LogP contribution in [0.25, 0.3) is 0 Å². The van der Waals surface area contributed by atoms with Crippen LogP contribution in [0.15, 0.2) is 39.9 Å². The predicted molar refractivity (Wildman–Crippen MR) is 54.7 cm³/mol. The average molecular weight is 224 g/mol. The van der Waals surface area contributed by atoms with Crippen LogP contribution in [-0.4, -0.2) is 22.7 Å². The zero-order valence-electron chi connectivity index (χ0n) is 7.48. The molecule has 0 aromatic heterocycles. The normalized spacial score (nSPS) is 23.9. The number of hydrogen-bond acceptors (Lipinski definition) is 2. The zero-order chi connectivity index (χ0) is 11.0. The highest BCUT2D eigenvalue weighted by molar-refractivity contribution is 6.46. The summed E-state index contributed by atoms with van der Waals surface area (Å²) in [5.41, 5.74) is 0.316. The number of aliphatic imine (C=N–C) groups is 1. The fourth-order valence-corrected chi connectivity index (χ4v) is 1.75. The fourth-order valence-electron chi connectivity index (χ4n) is 1.52. The Morgan fingerprint density at radius 1 is 1.53 bits per heavy atom. The summed E-state index contributed by atoms with van der Waals surface area (Å²) < 4.78 is 0. The number of carboxylic acid groups (broad SMARTS) is 1. The second-order valence-corrected chi connectivity index (χ2v) is 3.52. The van der Waals surface area contributed by atoms with Gasteiger partial charge in [0.15, 0.2) is 0 Å². The van der Waals surface area contributed by atoms with Gasteiger partial charge < -0.3 is 5.11 Å². The average Bonchev–Trinajstić information content (AvgIpc) is 2.18. The second kappa shape index (κ2) is 3.47. The minimum absolute atomic E-state index is 0.00694. The standard InChI is InChI=1S/C10H6ClNO3/c11-7-3-1-2-5-6(10(14)15)4-8(13)12-9(5)7/h1-5H,(H,14,15). The molecule has 1 unspecified atom stereocenters. The maximum Gasteiger partial charge on any atom is 0.332 e. The highest BCUT2D eigenvalue weighted by Gasteiger charge is 2.31. The summed E-state index contributed by atoms with van der Waals surface area (Å²) in [5, 5.41) is 9.22. The van der Waals surface area contributed by atoms with E-state index in [0.717, 1.165) is 6.08 Å². The largest absolute Gasteiger partial charge is 0.478 e. The maximum atomic E-state index is 11.1. The molecule has 0 fully saturated rings. The van der Waals surface area contributed by atoms with E-state index < -0.39 is 17.8 Å². The number of rotatable bonds is 1. The Morgan fingerprint density at radius 3 is 2.93 bits per heavy atom. The van der Waals surface area contributed by atoms with Crippen molar-refractivity contribution >= 4 is 29.2 Å². The first-order valence-electron chi connectivity index (χ1n) is 4.21. The number of carbonyl (C=O) groups excluding carboxylic acids is 1. The lowest BCUT2D eigenvalue weighted by Crippen LogP contribution is -2.27. The summed E-state index contributed by atoms with van der Waals surface area (Å²) in [6.45, 7) is 0. The van der Waals surface area contributed by atoms with E-state index in [0.29, 0.717) is 10.7 Å². The molecule has 2 rings (SSSR count). The van der Waals surface area contributed by atoms with Gasteiger partial charge in [0.1, 0.15) is 0 Å². The summed E-state index contributed by atoms with van der Waals surface area (Å²) >= 11 is 5.83. The molecule has 1 N–H and O–H groups in total. The van der Waals surface area contributed by atoms with Gasteiger partial charge in [0, 0.05) is 6.08 Å². The van der Waals surface area contributed by atoms with E-state index in [1.54, 1.807) is 18.2 Å². The molecular formula is C10H6ClNO3. The molecule has 0 spiro atoms. The molecule has 1 aliphatic heterocycles. The number of hydrogen-bond donors (Lipinski definition) is 1. The molecule has 0 saturated carbocycles. The molecule has 1 heterocycles. The quantitative estimate of drug-likeness (QED) is 0.728. The molecule has 15 heavy (non-hydrogen) atoms. The number of nitrogens with zero attached hydrogens (tertiary/aromatic N) is 1. The lowest BCUT2D eigenvalue weighted by Gasteiger charge is -2.21. The third-order valence-electron chi connectivity index (χ3n) is 2.18. The van der Waals surface area contributed by atoms with Gasteiger partial charge in [-0.1, -0.05) is 23.8 Å². The van der Waals surface area contributed by atoms with Crippen LogP contribution < -0.4 is 0 Å². The van der Waals surface area contributed by atoms with E-state index in [-0.39, 0.29) is 5.57 Å². The van der Waals surface area contributed by atoms with Crippen LogP contribution in [0.2, 0.25) is 0 Å². The van der Waals surface area contributed by atoms with E-state index in [2.05, 4.69) is 4.99 Å². The number of allylic oxidation sites excluding steroid dienone is 4. The first-order valence-corrected chi connectivity index (χ1v) is 4.59. The molecule has 0 aromatic rings. The summed E-state index contributed by atoms with van der Waals surface area (Å²) in [6.07, 6.45) is 5.90. The van der Waals surface area contributed by atoms with E-state index in [4.69, 9.17) is 16.7 Å². The zero-order valence-corrected chi connectivity index (χ0v) is 8.23. The molecule has 0 radical (unpaired) electrons. The molecule has 1 atom stereocenters. The molecule has 5 heteroatoms. The Balaban J connectivity index is 2.50. The van der Waals surface area contributed by atoms with E-state index in [1.807, 2.05) is 0 Å². The Bertz CT molecular complexity index is 455. The third kappa shape index (κ3) is 1.64. The van der Waals surface area contributed by atoms with Gasteiger partial charge in [0.05, 0.1) is 22.2 Å². The van der Waals surface area contributed by atoms with Gasteiger partial charge in [-0.25, -0.2) is 9.79 Å². The van der Waals surface area contributed by atoms with Crippen molar-refractivity contribution in [2.75, 3.05) is 0 Å². The van der Waals surface area contributed by atoms with Crippen molar-refractivity contribution in [1.29, 1.82) is 0 Å². The number of amides is 1. The lowest BCUT2D eigenvalue weighted by molar-refractivity contribution is -0.133. The van der Waals surface area contributed by atoms with E-state index in [1.165, 1.54) is 0 Å². The van der Waals surface area contributed by atoms with Crippen molar-refractivity contribution < 1.29 is 14.7 Å². The number of dihydropyridines is 1. The summed E-state index contributed by atoms with van der Waals surface area (Å²) in [7, 11) is 0. The molecule has 2 aliphatic rings. The Morgan fingerprint density at radius 2 is 2.27 bits per heavy atom. The first kappa shape index (κ1) is 9.86. The molecule has 0 bridgehead atoms. The number of carbonyl (C=O) groups is 2. The number of carboxylic acids is 1. The number of fused-ring (bicyclic) bond motifs is 1. The predicted octanol–water partition coefficient (Wildman–Crippen LogP) is 1.29. The highest BCUT2D eigenvalue weighted by atomic mass is 35.5. The molecule has 4 nitrogen and oxygen atoms in total. The lowest BCUT2D eigenvalue weighted by atomic mass is 9.88. The second-order valence-electron chi connectivity index (χ2n) is 3.12. The van der Waals surface area contributed by atoms with Crippen LogP contribution >= 0.6 is 11.6 Å². The minimum atomic E-state index is -1.13. The van der Waals surface area contributed by atoms with Crippen LogP contribution in [0.5, 0.6) is 0 Å². The number of aliphatic carboxylic acids is 1. The SMILES string of the molecule is O=C1C=C(C(=O)O)C2C=CC=C(Cl)C2=N1. The molecule has 1 amide bonds. The van der Waals surface area contributed by atoms with Gasteiger partial charge in [-0.05, 0) is 6.08 Å². The molecule has 0 aromatic carbocycles. The van der Waals surface area contributed by atoms with Crippen molar-refractivity contribution in [3.63, 3.8) is 0 Å². The van der Waals surface area contributed by atoms with Crippen LogP contribution in [0.4, 0.5) is 0 Å². The Kier molecular flexibility index (Phi) is 2.28. The van der Waals surface area contributed by atoms with Gasteiger partial charge in [-0.3, -0.25) is 4.79 Å². The fraction of sp³-hybridized carbons (Fsp3) is 0.100. The Labute approximate surface area is 90.3 Å². The van der Waals surface area contributed by atoms with E-state index in [9.17, 15) is 9.59 Å². The maximum absolute atomic E-state index is 11.1. The monoisotopic (exact) mass is 223 g/mol. The van der Waals surface area contributed by atoms with Crippen LogP contribution in [0.3, 0.4) is 0 Å². The van der Waals surface area contributed by atoms with Crippen molar-refractivity contribution in [3.8, 4) is 0 Å². The van der Waals surface area contributed by atoms with Gasteiger partial charge >= 0.3 is 5.97 Å². The smallest absolute Gasteiger partial charge is 0.332 e. The van der Waals surface area contributed by atoms with Crippen molar-refractivity contribution in [3.05, 3.63) is 34.9 Å². The van der Waals surface area contributed by atoms with Crippen LogP contribution in [-0.2, 0) is 9.59 Å². The summed E-state index contributed by atoms with van der Waals surface area (Å²) in [5.74, 6) is -2.23. The summed E-state index contributed by atoms with van der Waals surface area (Å²) in [6, 6.07) is 0. The minimum Gasteiger partial charge on any atom is -0.478 e. The van der Waals surface area contributed by atoms with Crippen molar-refractivity contribution in [1.82, 2.24) is 0 Å². The third-order valence-corrected chi connectivity index (χ3v) is 2.50. The van der Waals surface area contributed by atoms with Crippen LogP contribution in [0, 0.1) is 5.92 Å². The molecule has 1 aliphatic carbocycles. The summed E-state index contributed by atoms with van der Waals surface area (Å²) in [4.78, 5) is 25.7. The first-order chi connectivity index (χ1) is 7.09. The van der Waals surface area contributed by atoms with Crippen molar-refractivity contribution in [2.24, 2.45) is 10.9 Å². The molecule has 76 valence electrons. The van der Waals surface area contributed by atoms with Gasteiger partial charge in [-0.15, -0.1) is 0 Å². The van der Waals surface area contributed by atoms with E-state index >= 15 is 0 Å². The highest BCUT2D eigenvalue weighted by Crippen LogP contribution is 2.28. The Hall–Kier alpha value is -1.68. The van der Waals surface area contributed by atoms with Gasteiger partial charge in [0.25, 0.3) is 5.91 Å². The molecular weight excluding hydrogens is 218 g/mol. The topological polar surface area (TPSA) is 66.7 Å². The van der Waals surface area contributed by atoms with Gasteiger partial charge in [0.2, 0.25) is 0 Å². The van der Waals surface area contributed by atoms with Crippen molar-refractivity contribution in [2.45, 2.75) is 0 Å².